The van der Waals surface area contributed by atoms with Crippen LogP contribution >= 0.6 is 0 Å². The van der Waals surface area contributed by atoms with Crippen molar-refractivity contribution in [2.75, 3.05) is 43.4 Å². The van der Waals surface area contributed by atoms with E-state index in [1.807, 2.05) is 4.57 Å². The van der Waals surface area contributed by atoms with Crippen molar-refractivity contribution in [3.63, 3.8) is 0 Å². The highest BCUT2D eigenvalue weighted by Crippen LogP contribution is 2.28. The summed E-state index contributed by atoms with van der Waals surface area (Å²) in [5, 5.41) is 9.17. The fourth-order valence-corrected chi connectivity index (χ4v) is 2.60. The molecule has 2 heterocycles. The van der Waals surface area contributed by atoms with Gasteiger partial charge in [-0.25, -0.2) is 0 Å². The second kappa shape index (κ2) is 5.81. The molecule has 0 atom stereocenters. The molecule has 2 N–H and O–H groups in total. The first kappa shape index (κ1) is 13.5. The average Bonchev–Trinajstić information content (AvgIpc) is 2.75. The average molecular weight is 259 g/mol. The molecular weight excluding hydrogens is 238 g/mol. The number of piperazine rings is 1. The molecule has 1 aliphatic rings. The molecule has 1 fully saturated rings. The molecule has 2 rings (SSSR count). The van der Waals surface area contributed by atoms with Crippen molar-refractivity contribution in [3.8, 4) is 6.07 Å². The molecule has 102 valence electrons. The van der Waals surface area contributed by atoms with Gasteiger partial charge in [-0.2, -0.15) is 5.26 Å². The quantitative estimate of drug-likeness (QED) is 0.827. The van der Waals surface area contributed by atoms with Gasteiger partial charge < -0.3 is 20.1 Å². The van der Waals surface area contributed by atoms with Crippen LogP contribution in [0.15, 0.2) is 18.7 Å². The van der Waals surface area contributed by atoms with Crippen molar-refractivity contribution in [2.24, 2.45) is 0 Å². The topological polar surface area (TPSA) is 61.2 Å². The fraction of sp³-hybridized carbons (Fsp3) is 0.500. The van der Waals surface area contributed by atoms with E-state index in [1.165, 1.54) is 0 Å². The van der Waals surface area contributed by atoms with Crippen LogP contribution in [0.4, 0.5) is 11.5 Å². The summed E-state index contributed by atoms with van der Waals surface area (Å²) in [5.74, 6) is 0.965. The van der Waals surface area contributed by atoms with Crippen LogP contribution in [-0.4, -0.2) is 42.2 Å². The van der Waals surface area contributed by atoms with E-state index in [2.05, 4.69) is 29.4 Å². The molecule has 1 aromatic rings. The van der Waals surface area contributed by atoms with Crippen LogP contribution in [0, 0.1) is 11.3 Å². The Morgan fingerprint density at radius 1 is 1.42 bits per heavy atom. The van der Waals surface area contributed by atoms with Crippen LogP contribution < -0.4 is 10.6 Å². The van der Waals surface area contributed by atoms with Crippen LogP contribution in [-0.2, 0) is 6.54 Å². The van der Waals surface area contributed by atoms with Crippen molar-refractivity contribution in [2.45, 2.75) is 13.5 Å². The second-order valence-electron chi connectivity index (χ2n) is 4.74. The van der Waals surface area contributed by atoms with Crippen LogP contribution in [0.3, 0.4) is 0 Å². The van der Waals surface area contributed by atoms with Gasteiger partial charge in [0.25, 0.3) is 0 Å². The Hall–Kier alpha value is -1.93. The first-order valence-corrected chi connectivity index (χ1v) is 6.68. The number of nitrogens with zero attached hydrogens (tertiary/aromatic N) is 4. The van der Waals surface area contributed by atoms with Crippen LogP contribution in [0.25, 0.3) is 0 Å². The summed E-state index contributed by atoms with van der Waals surface area (Å²) in [6.07, 6.45) is 1.80. The molecule has 1 saturated heterocycles. The largest absolute Gasteiger partial charge is 0.396 e. The molecule has 0 aliphatic carbocycles. The van der Waals surface area contributed by atoms with Crippen molar-refractivity contribution in [1.82, 2.24) is 9.47 Å². The third-order valence-electron chi connectivity index (χ3n) is 3.64. The third-order valence-corrected chi connectivity index (χ3v) is 3.64. The summed E-state index contributed by atoms with van der Waals surface area (Å²) in [4.78, 5) is 4.69. The summed E-state index contributed by atoms with van der Waals surface area (Å²) >= 11 is 0. The lowest BCUT2D eigenvalue weighted by molar-refractivity contribution is 0.270. The zero-order valence-electron chi connectivity index (χ0n) is 11.5. The lowest BCUT2D eigenvalue weighted by atomic mass is 10.3. The highest BCUT2D eigenvalue weighted by atomic mass is 15.3. The highest BCUT2D eigenvalue weighted by molar-refractivity contribution is 5.68. The molecular formula is C14H21N5. The third kappa shape index (κ3) is 2.59. The number of hydrogen-bond donors (Lipinski definition) is 1. The predicted molar refractivity (Wildman–Crippen MR) is 78.1 cm³/mol. The minimum absolute atomic E-state index is 0.602. The van der Waals surface area contributed by atoms with E-state index in [0.717, 1.165) is 38.5 Å². The molecule has 0 bridgehead atoms. The number of allylic oxidation sites excluding steroid dienone is 1. The Morgan fingerprint density at radius 2 is 2.11 bits per heavy atom. The maximum Gasteiger partial charge on any atom is 0.133 e. The van der Waals surface area contributed by atoms with E-state index >= 15 is 0 Å². The SMILES string of the molecule is C=CCn1c(C#N)cc(N)c1N1CCN(CC)CC1. The summed E-state index contributed by atoms with van der Waals surface area (Å²) in [5.41, 5.74) is 7.37. The first-order valence-electron chi connectivity index (χ1n) is 6.68. The maximum atomic E-state index is 9.17. The van der Waals surface area contributed by atoms with Gasteiger partial charge in [-0.05, 0) is 12.6 Å². The molecule has 0 saturated carbocycles. The van der Waals surface area contributed by atoms with Gasteiger partial charge in [0.2, 0.25) is 0 Å². The molecule has 0 aromatic carbocycles. The van der Waals surface area contributed by atoms with Gasteiger partial charge in [-0.3, -0.25) is 0 Å². The van der Waals surface area contributed by atoms with Crippen molar-refractivity contribution < 1.29 is 0 Å². The molecule has 1 aliphatic heterocycles. The predicted octanol–water partition coefficient (Wildman–Crippen LogP) is 1.27. The summed E-state index contributed by atoms with van der Waals surface area (Å²) in [6, 6.07) is 3.95. The summed E-state index contributed by atoms with van der Waals surface area (Å²) < 4.78 is 1.95. The minimum atomic E-state index is 0.602. The van der Waals surface area contributed by atoms with Crippen LogP contribution in [0.1, 0.15) is 12.6 Å². The molecule has 1 aromatic heterocycles. The molecule has 0 unspecified atom stereocenters. The highest BCUT2D eigenvalue weighted by Gasteiger charge is 2.22. The van der Waals surface area contributed by atoms with Gasteiger partial charge in [0.1, 0.15) is 17.6 Å². The number of nitrogen functional groups attached to an aromatic ring is 1. The smallest absolute Gasteiger partial charge is 0.133 e. The number of rotatable bonds is 4. The van der Waals surface area contributed by atoms with Crippen LogP contribution in [0.2, 0.25) is 0 Å². The van der Waals surface area contributed by atoms with Crippen molar-refractivity contribution in [3.05, 3.63) is 24.4 Å². The molecule has 5 nitrogen and oxygen atoms in total. The van der Waals surface area contributed by atoms with E-state index < -0.39 is 0 Å². The van der Waals surface area contributed by atoms with Gasteiger partial charge in [-0.1, -0.05) is 13.0 Å². The number of likely N-dealkylation sites (N-methyl/N-ethyl adjacent to an activating group) is 1. The van der Waals surface area contributed by atoms with E-state index in [0.29, 0.717) is 17.9 Å². The molecule has 19 heavy (non-hydrogen) atoms. The van der Waals surface area contributed by atoms with E-state index in [4.69, 9.17) is 5.73 Å². The van der Waals surface area contributed by atoms with Gasteiger partial charge in [0.15, 0.2) is 0 Å². The Bertz CT molecular complexity index is 489. The Morgan fingerprint density at radius 3 is 2.63 bits per heavy atom. The lowest BCUT2D eigenvalue weighted by Gasteiger charge is -2.36. The Kier molecular flexibility index (Phi) is 4.13. The zero-order chi connectivity index (χ0) is 13.8. The first-order chi connectivity index (χ1) is 9.21. The van der Waals surface area contributed by atoms with E-state index in [9.17, 15) is 5.26 Å². The number of nitrogens with two attached hydrogens (primary N) is 1. The van der Waals surface area contributed by atoms with Gasteiger partial charge in [0, 0.05) is 32.7 Å². The molecule has 5 heteroatoms. The standard InChI is InChI=1S/C14H21N5/c1-3-5-19-12(11-15)10-13(16)14(19)18-8-6-17(4-2)7-9-18/h3,10H,1,4-9,16H2,2H3. The zero-order valence-corrected chi connectivity index (χ0v) is 11.5. The Labute approximate surface area is 114 Å². The van der Waals surface area contributed by atoms with E-state index in [-0.39, 0.29) is 0 Å². The van der Waals surface area contributed by atoms with Gasteiger partial charge >= 0.3 is 0 Å². The number of anilines is 2. The van der Waals surface area contributed by atoms with Crippen molar-refractivity contribution >= 4 is 11.5 Å². The summed E-state index contributed by atoms with van der Waals surface area (Å²) in [6.45, 7) is 11.6. The molecule has 0 spiro atoms. The van der Waals surface area contributed by atoms with Gasteiger partial charge in [0.05, 0.1) is 5.69 Å². The second-order valence-corrected chi connectivity index (χ2v) is 4.74. The minimum Gasteiger partial charge on any atom is -0.396 e. The number of aromatic nitrogens is 1. The lowest BCUT2D eigenvalue weighted by Crippen LogP contribution is -2.47. The Balaban J connectivity index is 2.27. The fourth-order valence-electron chi connectivity index (χ4n) is 2.60. The number of nitriles is 1. The molecule has 0 amide bonds. The number of hydrogen-bond acceptors (Lipinski definition) is 4. The molecule has 0 radical (unpaired) electrons. The van der Waals surface area contributed by atoms with E-state index in [1.54, 1.807) is 12.1 Å². The maximum absolute atomic E-state index is 9.17. The summed E-state index contributed by atoms with van der Waals surface area (Å²) in [7, 11) is 0. The normalized spacial score (nSPS) is 16.3. The van der Waals surface area contributed by atoms with Crippen molar-refractivity contribution in [1.29, 1.82) is 5.26 Å². The monoisotopic (exact) mass is 259 g/mol. The van der Waals surface area contributed by atoms with Crippen LogP contribution in [0.5, 0.6) is 0 Å². The van der Waals surface area contributed by atoms with Gasteiger partial charge in [-0.15, -0.1) is 6.58 Å².